The van der Waals surface area contributed by atoms with Gasteiger partial charge in [-0.15, -0.1) is 0 Å². The van der Waals surface area contributed by atoms with Crippen LogP contribution in [0.5, 0.6) is 0 Å². The Balaban J connectivity index is 0.000000232. The molecule has 0 bridgehead atoms. The highest BCUT2D eigenvalue weighted by atomic mass is 16.4. The molecule has 1 fully saturated rings. The van der Waals surface area contributed by atoms with Crippen LogP contribution in [0.25, 0.3) is 11.1 Å². The summed E-state index contributed by atoms with van der Waals surface area (Å²) in [6.45, 7) is 0. The van der Waals surface area contributed by atoms with Crippen molar-refractivity contribution in [2.45, 2.75) is 25.7 Å². The van der Waals surface area contributed by atoms with Crippen LogP contribution in [0.2, 0.25) is 0 Å². The van der Waals surface area contributed by atoms with Crippen molar-refractivity contribution in [2.75, 3.05) is 0 Å². The Morgan fingerprint density at radius 1 is 0.533 bits per heavy atom. The molecule has 2 aromatic carbocycles. The molecule has 0 unspecified atom stereocenters. The standard InChI is InChI=1S/C14H10O4.C8H12O4/c15-13(16)11-5-1-9(2-6-11)10-3-7-12(8-4-10)14(17)18;9-7(10)5-1-2-6(4-3-5)8(11)12/h1-8H,(H,15,16)(H,17,18);5-6H,1-4H2,(H,9,10)(H,11,12). The summed E-state index contributed by atoms with van der Waals surface area (Å²) >= 11 is 0. The van der Waals surface area contributed by atoms with Crippen LogP contribution in [0.1, 0.15) is 46.4 Å². The van der Waals surface area contributed by atoms with Gasteiger partial charge in [0.05, 0.1) is 23.0 Å². The predicted molar refractivity (Wildman–Crippen MR) is 107 cm³/mol. The maximum atomic E-state index is 10.7. The van der Waals surface area contributed by atoms with Gasteiger partial charge in [0.15, 0.2) is 0 Å². The summed E-state index contributed by atoms with van der Waals surface area (Å²) in [7, 11) is 0. The molecule has 4 N–H and O–H groups in total. The predicted octanol–water partition coefficient (Wildman–Crippen LogP) is 3.71. The van der Waals surface area contributed by atoms with Crippen molar-refractivity contribution in [3.05, 3.63) is 59.7 Å². The molecule has 2 aromatic rings. The molecule has 8 nitrogen and oxygen atoms in total. The molecular weight excluding hydrogens is 392 g/mol. The Kier molecular flexibility index (Phi) is 7.69. The molecule has 0 radical (unpaired) electrons. The lowest BCUT2D eigenvalue weighted by atomic mass is 9.82. The van der Waals surface area contributed by atoms with E-state index in [0.717, 1.165) is 11.1 Å². The molecule has 0 aromatic heterocycles. The number of hydrogen-bond donors (Lipinski definition) is 4. The minimum atomic E-state index is -0.970. The normalized spacial score (nSPS) is 17.9. The van der Waals surface area contributed by atoms with E-state index >= 15 is 0 Å². The third kappa shape index (κ3) is 6.16. The van der Waals surface area contributed by atoms with Gasteiger partial charge in [0, 0.05) is 0 Å². The van der Waals surface area contributed by atoms with Crippen molar-refractivity contribution in [1.29, 1.82) is 0 Å². The maximum absolute atomic E-state index is 10.7. The Labute approximate surface area is 172 Å². The van der Waals surface area contributed by atoms with E-state index in [0.29, 0.717) is 25.7 Å². The molecule has 0 aliphatic heterocycles. The molecule has 0 saturated heterocycles. The molecule has 1 saturated carbocycles. The van der Waals surface area contributed by atoms with E-state index in [2.05, 4.69) is 0 Å². The third-order valence-electron chi connectivity index (χ3n) is 5.02. The number of rotatable bonds is 5. The fraction of sp³-hybridized carbons (Fsp3) is 0.273. The maximum Gasteiger partial charge on any atom is 0.335 e. The molecule has 0 atom stereocenters. The van der Waals surface area contributed by atoms with Crippen molar-refractivity contribution >= 4 is 23.9 Å². The van der Waals surface area contributed by atoms with Crippen LogP contribution in [0.4, 0.5) is 0 Å². The van der Waals surface area contributed by atoms with Crippen LogP contribution in [0, 0.1) is 11.8 Å². The van der Waals surface area contributed by atoms with Crippen LogP contribution in [-0.4, -0.2) is 44.3 Å². The summed E-state index contributed by atoms with van der Waals surface area (Å²) in [4.78, 5) is 42.4. The second kappa shape index (κ2) is 10.2. The van der Waals surface area contributed by atoms with Gasteiger partial charge < -0.3 is 20.4 Å². The lowest BCUT2D eigenvalue weighted by Gasteiger charge is -2.22. The van der Waals surface area contributed by atoms with Crippen molar-refractivity contribution in [2.24, 2.45) is 11.8 Å². The van der Waals surface area contributed by atoms with Gasteiger partial charge in [0.25, 0.3) is 0 Å². The van der Waals surface area contributed by atoms with Gasteiger partial charge in [-0.05, 0) is 61.1 Å². The smallest absolute Gasteiger partial charge is 0.335 e. The highest BCUT2D eigenvalue weighted by Crippen LogP contribution is 2.28. The molecule has 1 aliphatic rings. The van der Waals surface area contributed by atoms with E-state index in [1.54, 1.807) is 24.3 Å². The first-order valence-electron chi connectivity index (χ1n) is 9.31. The first-order chi connectivity index (χ1) is 14.2. The molecule has 1 aliphatic carbocycles. The second-order valence-corrected chi connectivity index (χ2v) is 6.99. The quantitative estimate of drug-likeness (QED) is 0.578. The molecular formula is C22H22O8. The average molecular weight is 414 g/mol. The monoisotopic (exact) mass is 414 g/mol. The topological polar surface area (TPSA) is 149 Å². The summed E-state index contributed by atoms with van der Waals surface area (Å²) in [6.07, 6.45) is 2.03. The number of carboxylic acid groups (broad SMARTS) is 4. The Hall–Kier alpha value is -3.68. The number of hydrogen-bond acceptors (Lipinski definition) is 4. The number of carbonyl (C=O) groups is 4. The lowest BCUT2D eigenvalue weighted by Crippen LogP contribution is -2.25. The van der Waals surface area contributed by atoms with E-state index < -0.39 is 23.9 Å². The summed E-state index contributed by atoms with van der Waals surface area (Å²) in [5, 5.41) is 34.8. The Morgan fingerprint density at radius 3 is 1.00 bits per heavy atom. The largest absolute Gasteiger partial charge is 0.481 e. The zero-order valence-corrected chi connectivity index (χ0v) is 16.0. The molecule has 0 heterocycles. The van der Waals surface area contributed by atoms with E-state index in [4.69, 9.17) is 20.4 Å². The van der Waals surface area contributed by atoms with Crippen LogP contribution in [0.3, 0.4) is 0 Å². The first kappa shape index (κ1) is 22.6. The fourth-order valence-corrected chi connectivity index (χ4v) is 3.20. The summed E-state index contributed by atoms with van der Waals surface area (Å²) in [5.41, 5.74) is 2.13. The van der Waals surface area contributed by atoms with Gasteiger partial charge in [-0.1, -0.05) is 24.3 Å². The number of aromatic carboxylic acids is 2. The van der Waals surface area contributed by atoms with E-state index in [1.165, 1.54) is 24.3 Å². The summed E-state index contributed by atoms with van der Waals surface area (Å²) in [6, 6.07) is 12.8. The third-order valence-corrected chi connectivity index (χ3v) is 5.02. The van der Waals surface area contributed by atoms with Gasteiger partial charge in [0.2, 0.25) is 0 Å². The molecule has 3 rings (SSSR count). The molecule has 0 amide bonds. The first-order valence-corrected chi connectivity index (χ1v) is 9.31. The average Bonchev–Trinajstić information content (AvgIpc) is 2.74. The summed E-state index contributed by atoms with van der Waals surface area (Å²) < 4.78 is 0. The lowest BCUT2D eigenvalue weighted by molar-refractivity contribution is -0.148. The van der Waals surface area contributed by atoms with Crippen molar-refractivity contribution in [3.8, 4) is 11.1 Å². The van der Waals surface area contributed by atoms with Gasteiger partial charge in [-0.2, -0.15) is 0 Å². The second-order valence-electron chi connectivity index (χ2n) is 6.99. The zero-order valence-electron chi connectivity index (χ0n) is 16.0. The Morgan fingerprint density at radius 2 is 0.800 bits per heavy atom. The summed E-state index contributed by atoms with van der Waals surface area (Å²) in [5.74, 6) is -4.16. The van der Waals surface area contributed by atoms with Crippen LogP contribution >= 0.6 is 0 Å². The fourth-order valence-electron chi connectivity index (χ4n) is 3.20. The van der Waals surface area contributed by atoms with Crippen molar-refractivity contribution in [3.63, 3.8) is 0 Å². The van der Waals surface area contributed by atoms with Gasteiger partial charge in [-0.25, -0.2) is 9.59 Å². The van der Waals surface area contributed by atoms with Gasteiger partial charge in [-0.3, -0.25) is 9.59 Å². The van der Waals surface area contributed by atoms with E-state index in [1.807, 2.05) is 0 Å². The molecule has 30 heavy (non-hydrogen) atoms. The van der Waals surface area contributed by atoms with Crippen LogP contribution in [-0.2, 0) is 9.59 Å². The van der Waals surface area contributed by atoms with E-state index in [9.17, 15) is 19.2 Å². The highest BCUT2D eigenvalue weighted by Gasteiger charge is 2.29. The number of aliphatic carboxylic acids is 2. The highest BCUT2D eigenvalue weighted by molar-refractivity contribution is 5.89. The zero-order chi connectivity index (χ0) is 22.3. The van der Waals surface area contributed by atoms with Crippen LogP contribution in [0.15, 0.2) is 48.5 Å². The minimum absolute atomic E-state index is 0.223. The molecule has 8 heteroatoms. The minimum Gasteiger partial charge on any atom is -0.481 e. The van der Waals surface area contributed by atoms with Crippen molar-refractivity contribution < 1.29 is 39.6 Å². The van der Waals surface area contributed by atoms with Gasteiger partial charge in [0.1, 0.15) is 0 Å². The molecule has 158 valence electrons. The SMILES string of the molecule is O=C(O)C1CCC(C(=O)O)CC1.O=C(O)c1ccc(-c2ccc(C(=O)O)cc2)cc1. The number of carboxylic acids is 4. The van der Waals surface area contributed by atoms with Crippen LogP contribution < -0.4 is 0 Å². The van der Waals surface area contributed by atoms with Gasteiger partial charge >= 0.3 is 23.9 Å². The molecule has 0 spiro atoms. The number of benzene rings is 2. The van der Waals surface area contributed by atoms with E-state index in [-0.39, 0.29) is 23.0 Å². The van der Waals surface area contributed by atoms with Crippen molar-refractivity contribution in [1.82, 2.24) is 0 Å². The Bertz CT molecular complexity index is 830.